The van der Waals surface area contributed by atoms with Gasteiger partial charge in [-0.1, -0.05) is 30.7 Å². The number of hydrogen-bond acceptors (Lipinski definition) is 3. The van der Waals surface area contributed by atoms with Gasteiger partial charge in [0, 0.05) is 6.04 Å². The summed E-state index contributed by atoms with van der Waals surface area (Å²) in [5, 5.41) is 6.52. The maximum atomic E-state index is 12.0. The van der Waals surface area contributed by atoms with Crippen LogP contribution in [-0.2, 0) is 0 Å². The average molecular weight is 340 g/mol. The summed E-state index contributed by atoms with van der Waals surface area (Å²) in [6.07, 6.45) is 2.69. The van der Waals surface area contributed by atoms with Gasteiger partial charge in [0.15, 0.2) is 0 Å². The summed E-state index contributed by atoms with van der Waals surface area (Å²) in [7, 11) is 2.11. The zero-order valence-electron chi connectivity index (χ0n) is 13.8. The van der Waals surface area contributed by atoms with Crippen LogP contribution in [0.15, 0.2) is 24.3 Å². The topological polar surface area (TPSA) is 53.6 Å². The fraction of sp³-hybridized carbons (Fsp3) is 0.588. The number of nitrogens with zero attached hydrogens (tertiary/aromatic N) is 1. The van der Waals surface area contributed by atoms with Crippen LogP contribution in [0.5, 0.6) is 5.75 Å². The molecule has 1 aliphatic rings. The fourth-order valence-electron chi connectivity index (χ4n) is 2.59. The Morgan fingerprint density at radius 3 is 2.74 bits per heavy atom. The predicted molar refractivity (Wildman–Crippen MR) is 93.2 cm³/mol. The first kappa shape index (κ1) is 17.9. The average Bonchev–Trinajstić information content (AvgIpc) is 2.55. The van der Waals surface area contributed by atoms with E-state index in [2.05, 4.69) is 22.6 Å². The summed E-state index contributed by atoms with van der Waals surface area (Å²) >= 11 is 6.10. The van der Waals surface area contributed by atoms with E-state index in [-0.39, 0.29) is 18.2 Å². The van der Waals surface area contributed by atoms with Crippen LogP contribution in [0, 0.1) is 0 Å². The van der Waals surface area contributed by atoms with E-state index >= 15 is 0 Å². The Morgan fingerprint density at radius 2 is 2.09 bits per heavy atom. The maximum Gasteiger partial charge on any atom is 0.315 e. The Bertz CT molecular complexity index is 504. The van der Waals surface area contributed by atoms with Gasteiger partial charge >= 0.3 is 6.03 Å². The van der Waals surface area contributed by atoms with Gasteiger partial charge in [0.2, 0.25) is 0 Å². The Kier molecular flexibility index (Phi) is 6.99. The molecule has 0 spiro atoms. The first-order valence-electron chi connectivity index (χ1n) is 8.22. The van der Waals surface area contributed by atoms with Crippen LogP contribution in [0.3, 0.4) is 0 Å². The minimum Gasteiger partial charge on any atom is -0.487 e. The van der Waals surface area contributed by atoms with Gasteiger partial charge in [-0.2, -0.15) is 0 Å². The lowest BCUT2D eigenvalue weighted by Gasteiger charge is -2.29. The highest BCUT2D eigenvalue weighted by atomic mass is 35.5. The van der Waals surface area contributed by atoms with Crippen molar-refractivity contribution in [1.82, 2.24) is 15.5 Å². The van der Waals surface area contributed by atoms with Crippen molar-refractivity contribution < 1.29 is 9.53 Å². The number of amides is 2. The lowest BCUT2D eigenvalue weighted by Crippen LogP contribution is -2.48. The van der Waals surface area contributed by atoms with Crippen molar-refractivity contribution in [2.45, 2.75) is 38.3 Å². The second-order valence-electron chi connectivity index (χ2n) is 6.01. The molecule has 0 aliphatic carbocycles. The van der Waals surface area contributed by atoms with Crippen LogP contribution in [0.25, 0.3) is 0 Å². The van der Waals surface area contributed by atoms with Gasteiger partial charge in [-0.05, 0) is 51.5 Å². The van der Waals surface area contributed by atoms with E-state index in [1.807, 2.05) is 25.1 Å². The third kappa shape index (κ3) is 5.92. The smallest absolute Gasteiger partial charge is 0.315 e. The molecule has 0 aromatic heterocycles. The van der Waals surface area contributed by atoms with E-state index in [1.54, 1.807) is 6.07 Å². The Hall–Kier alpha value is -1.46. The number of carbonyl (C=O) groups is 1. The molecule has 1 saturated heterocycles. The molecular weight excluding hydrogens is 314 g/mol. The van der Waals surface area contributed by atoms with Crippen LogP contribution in [0.1, 0.15) is 26.2 Å². The molecule has 1 atom stereocenters. The van der Waals surface area contributed by atoms with Gasteiger partial charge in [0.1, 0.15) is 11.9 Å². The van der Waals surface area contributed by atoms with E-state index in [4.69, 9.17) is 16.3 Å². The number of rotatable bonds is 6. The molecule has 2 amide bonds. The molecular formula is C17H26ClN3O2. The quantitative estimate of drug-likeness (QED) is 0.838. The molecule has 0 saturated carbocycles. The molecule has 0 radical (unpaired) electrons. The number of carbonyl (C=O) groups excluding carboxylic acids is 1. The van der Waals surface area contributed by atoms with E-state index in [0.717, 1.165) is 32.4 Å². The van der Waals surface area contributed by atoms with Gasteiger partial charge in [-0.25, -0.2) is 4.79 Å². The molecule has 1 aromatic rings. The van der Waals surface area contributed by atoms with Crippen molar-refractivity contribution in [1.29, 1.82) is 0 Å². The first-order chi connectivity index (χ1) is 11.1. The highest BCUT2D eigenvalue weighted by Crippen LogP contribution is 2.24. The van der Waals surface area contributed by atoms with Gasteiger partial charge in [-0.15, -0.1) is 0 Å². The van der Waals surface area contributed by atoms with Crippen molar-refractivity contribution in [3.8, 4) is 5.75 Å². The van der Waals surface area contributed by atoms with Gasteiger partial charge in [0.25, 0.3) is 0 Å². The van der Waals surface area contributed by atoms with Crippen LogP contribution < -0.4 is 15.4 Å². The zero-order valence-corrected chi connectivity index (χ0v) is 14.6. The minimum absolute atomic E-state index is 0.0989. The Morgan fingerprint density at radius 1 is 1.39 bits per heavy atom. The molecule has 1 heterocycles. The van der Waals surface area contributed by atoms with Crippen molar-refractivity contribution in [3.63, 3.8) is 0 Å². The van der Waals surface area contributed by atoms with Crippen LogP contribution in [0.2, 0.25) is 5.02 Å². The largest absolute Gasteiger partial charge is 0.487 e. The van der Waals surface area contributed by atoms with E-state index < -0.39 is 0 Å². The zero-order chi connectivity index (χ0) is 16.7. The van der Waals surface area contributed by atoms with E-state index in [9.17, 15) is 4.79 Å². The number of halogens is 1. The van der Waals surface area contributed by atoms with Crippen LogP contribution in [-0.4, -0.2) is 49.8 Å². The second kappa shape index (κ2) is 8.99. The molecule has 128 valence electrons. The minimum atomic E-state index is -0.124. The van der Waals surface area contributed by atoms with E-state index in [0.29, 0.717) is 17.3 Å². The summed E-state index contributed by atoms with van der Waals surface area (Å²) in [4.78, 5) is 14.3. The molecule has 1 fully saturated rings. The standard InChI is InChI=1S/C17H26ClN3O2/c1-3-14(23-16-7-5-4-6-15(16)18)12-19-17(22)20-13-8-10-21(2)11-9-13/h4-7,13-14H,3,8-12H2,1-2H3,(H2,19,20,22)/t14-/m1/s1. The van der Waals surface area contributed by atoms with Gasteiger partial charge < -0.3 is 20.3 Å². The number of hydrogen-bond donors (Lipinski definition) is 2. The normalized spacial score (nSPS) is 17.5. The molecule has 0 bridgehead atoms. The van der Waals surface area contributed by atoms with Crippen molar-refractivity contribution in [3.05, 3.63) is 29.3 Å². The maximum absolute atomic E-state index is 12.0. The SMILES string of the molecule is CC[C@H](CNC(=O)NC1CCN(C)CC1)Oc1ccccc1Cl. The second-order valence-corrected chi connectivity index (χ2v) is 6.42. The number of ether oxygens (including phenoxy) is 1. The summed E-state index contributed by atoms with van der Waals surface area (Å²) in [6.45, 7) is 4.54. The summed E-state index contributed by atoms with van der Waals surface area (Å²) in [5.41, 5.74) is 0. The number of piperidine rings is 1. The van der Waals surface area contributed by atoms with Gasteiger partial charge in [0.05, 0.1) is 11.6 Å². The fourth-order valence-corrected chi connectivity index (χ4v) is 2.77. The van der Waals surface area contributed by atoms with Crippen molar-refractivity contribution in [2.24, 2.45) is 0 Å². The highest BCUT2D eigenvalue weighted by Gasteiger charge is 2.19. The molecule has 1 aliphatic heterocycles. The lowest BCUT2D eigenvalue weighted by atomic mass is 10.1. The summed E-state index contributed by atoms with van der Waals surface area (Å²) < 4.78 is 5.87. The van der Waals surface area contributed by atoms with Crippen molar-refractivity contribution in [2.75, 3.05) is 26.7 Å². The number of benzene rings is 1. The monoisotopic (exact) mass is 339 g/mol. The third-order valence-electron chi connectivity index (χ3n) is 4.13. The molecule has 2 rings (SSSR count). The van der Waals surface area contributed by atoms with Crippen molar-refractivity contribution >= 4 is 17.6 Å². The van der Waals surface area contributed by atoms with E-state index in [1.165, 1.54) is 0 Å². The molecule has 2 N–H and O–H groups in total. The molecule has 5 nitrogen and oxygen atoms in total. The number of nitrogens with one attached hydrogen (secondary N) is 2. The molecule has 1 aromatic carbocycles. The molecule has 6 heteroatoms. The molecule has 0 unspecified atom stereocenters. The predicted octanol–water partition coefficient (Wildman–Crippen LogP) is 2.89. The van der Waals surface area contributed by atoms with Gasteiger partial charge in [-0.3, -0.25) is 0 Å². The summed E-state index contributed by atoms with van der Waals surface area (Å²) in [6, 6.07) is 7.52. The highest BCUT2D eigenvalue weighted by molar-refractivity contribution is 6.32. The lowest BCUT2D eigenvalue weighted by molar-refractivity contribution is 0.185. The summed E-state index contributed by atoms with van der Waals surface area (Å²) in [5.74, 6) is 0.651. The number of likely N-dealkylation sites (tertiary alicyclic amines) is 1. The molecule has 23 heavy (non-hydrogen) atoms. The number of urea groups is 1. The van der Waals surface area contributed by atoms with Crippen LogP contribution >= 0.6 is 11.6 Å². The van der Waals surface area contributed by atoms with Crippen LogP contribution in [0.4, 0.5) is 4.79 Å². The third-order valence-corrected chi connectivity index (χ3v) is 4.44. The Labute approximate surface area is 143 Å². The Balaban J connectivity index is 1.74. The first-order valence-corrected chi connectivity index (χ1v) is 8.60. The number of para-hydroxylation sites is 1.